The van der Waals surface area contributed by atoms with E-state index in [9.17, 15) is 4.79 Å². The number of hydrogen-bond acceptors (Lipinski definition) is 5. The molecule has 92 valence electrons. The summed E-state index contributed by atoms with van der Waals surface area (Å²) in [5.74, 6) is 0.0910. The van der Waals surface area contributed by atoms with Crippen molar-refractivity contribution in [1.82, 2.24) is 15.0 Å². The smallest absolute Gasteiger partial charge is 0.277 e. The summed E-state index contributed by atoms with van der Waals surface area (Å²) in [5, 5.41) is 2.64. The highest BCUT2D eigenvalue weighted by atomic mass is 16.1. The summed E-state index contributed by atoms with van der Waals surface area (Å²) in [6, 6.07) is 1.70. The Hall–Kier alpha value is -2.50. The highest BCUT2D eigenvalue weighted by Gasteiger charge is 2.09. The van der Waals surface area contributed by atoms with Gasteiger partial charge in [0.05, 0.1) is 23.8 Å². The highest BCUT2D eigenvalue weighted by molar-refractivity contribution is 6.02. The molecule has 0 aliphatic carbocycles. The van der Waals surface area contributed by atoms with E-state index in [0.717, 1.165) is 11.3 Å². The Kier molecular flexibility index (Phi) is 3.18. The first-order valence-corrected chi connectivity index (χ1v) is 5.38. The number of carbonyl (C=O) groups is 1. The van der Waals surface area contributed by atoms with Crippen molar-refractivity contribution in [2.75, 3.05) is 11.1 Å². The summed E-state index contributed by atoms with van der Waals surface area (Å²) in [6.45, 7) is 3.65. The molecule has 1 amide bonds. The maximum Gasteiger partial charge on any atom is 0.277 e. The Labute approximate surface area is 104 Å². The second-order valence-electron chi connectivity index (χ2n) is 3.92. The molecular formula is C12H13N5O. The van der Waals surface area contributed by atoms with Crippen LogP contribution in [0.5, 0.6) is 0 Å². The molecule has 0 radical (unpaired) electrons. The van der Waals surface area contributed by atoms with Crippen LogP contribution in [-0.4, -0.2) is 20.9 Å². The molecule has 2 heterocycles. The zero-order chi connectivity index (χ0) is 13.1. The molecule has 0 aromatic carbocycles. The van der Waals surface area contributed by atoms with E-state index in [1.807, 2.05) is 6.92 Å². The van der Waals surface area contributed by atoms with Gasteiger partial charge in [0.2, 0.25) is 0 Å². The number of nitrogen functional groups attached to an aromatic ring is 1. The summed E-state index contributed by atoms with van der Waals surface area (Å²) in [6.07, 6.45) is 4.47. The van der Waals surface area contributed by atoms with Gasteiger partial charge in [-0.25, -0.2) is 9.97 Å². The van der Waals surface area contributed by atoms with Crippen molar-refractivity contribution in [2.45, 2.75) is 13.8 Å². The number of nitrogens with two attached hydrogens (primary N) is 1. The molecule has 0 fully saturated rings. The molecule has 0 saturated carbocycles. The number of nitrogens with one attached hydrogen (secondary N) is 1. The van der Waals surface area contributed by atoms with Gasteiger partial charge in [-0.1, -0.05) is 0 Å². The minimum atomic E-state index is -0.348. The molecular weight excluding hydrogens is 230 g/mol. The van der Waals surface area contributed by atoms with Crippen LogP contribution in [0.15, 0.2) is 24.7 Å². The predicted octanol–water partition coefficient (Wildman–Crippen LogP) is 1.32. The quantitative estimate of drug-likeness (QED) is 0.829. The van der Waals surface area contributed by atoms with E-state index >= 15 is 0 Å². The van der Waals surface area contributed by atoms with Crippen molar-refractivity contribution < 1.29 is 4.79 Å². The van der Waals surface area contributed by atoms with Crippen LogP contribution in [0.4, 0.5) is 11.5 Å². The zero-order valence-corrected chi connectivity index (χ0v) is 10.1. The van der Waals surface area contributed by atoms with Gasteiger partial charge in [-0.2, -0.15) is 0 Å². The van der Waals surface area contributed by atoms with Crippen LogP contribution >= 0.6 is 0 Å². The molecule has 6 heteroatoms. The molecule has 6 nitrogen and oxygen atoms in total. The summed E-state index contributed by atoms with van der Waals surface area (Å²) in [5.41, 5.74) is 8.10. The number of carbonyl (C=O) groups excluding carboxylic acids is 1. The monoisotopic (exact) mass is 243 g/mol. The minimum Gasteiger partial charge on any atom is -0.397 e. The van der Waals surface area contributed by atoms with Gasteiger partial charge in [0, 0.05) is 6.20 Å². The molecule has 0 saturated heterocycles. The SMILES string of the molecule is Cc1cnc(C(=O)Nc2cc(C)c(N)cn2)cn1. The number of hydrogen-bond donors (Lipinski definition) is 2. The minimum absolute atomic E-state index is 0.247. The van der Waals surface area contributed by atoms with Gasteiger partial charge in [-0.3, -0.25) is 9.78 Å². The van der Waals surface area contributed by atoms with Gasteiger partial charge in [0.25, 0.3) is 5.91 Å². The second kappa shape index (κ2) is 4.79. The fourth-order valence-corrected chi connectivity index (χ4v) is 1.33. The average Bonchev–Trinajstić information content (AvgIpc) is 2.34. The van der Waals surface area contributed by atoms with E-state index in [2.05, 4.69) is 20.3 Å². The Morgan fingerprint density at radius 2 is 1.94 bits per heavy atom. The Balaban J connectivity index is 2.16. The second-order valence-corrected chi connectivity index (χ2v) is 3.92. The molecule has 2 aromatic rings. The Bertz CT molecular complexity index is 580. The van der Waals surface area contributed by atoms with Crippen LogP contribution in [0.1, 0.15) is 21.7 Å². The van der Waals surface area contributed by atoms with Gasteiger partial charge in [-0.05, 0) is 25.5 Å². The Morgan fingerprint density at radius 1 is 1.17 bits per heavy atom. The number of amides is 1. The maximum absolute atomic E-state index is 11.8. The number of rotatable bonds is 2. The van der Waals surface area contributed by atoms with E-state index in [1.165, 1.54) is 18.6 Å². The summed E-state index contributed by atoms with van der Waals surface area (Å²) in [7, 11) is 0. The average molecular weight is 243 g/mol. The van der Waals surface area contributed by atoms with Crippen LogP contribution in [0.25, 0.3) is 0 Å². The third kappa shape index (κ3) is 2.60. The number of aryl methyl sites for hydroxylation is 2. The predicted molar refractivity (Wildman–Crippen MR) is 68.1 cm³/mol. The number of pyridine rings is 1. The van der Waals surface area contributed by atoms with Crippen molar-refractivity contribution in [3.05, 3.63) is 41.6 Å². The van der Waals surface area contributed by atoms with Gasteiger partial charge >= 0.3 is 0 Å². The first kappa shape index (κ1) is 12.0. The van der Waals surface area contributed by atoms with Crippen molar-refractivity contribution >= 4 is 17.4 Å². The van der Waals surface area contributed by atoms with Crippen LogP contribution in [-0.2, 0) is 0 Å². The van der Waals surface area contributed by atoms with Gasteiger partial charge < -0.3 is 11.1 Å². The molecule has 18 heavy (non-hydrogen) atoms. The molecule has 2 rings (SSSR count). The van der Waals surface area contributed by atoms with E-state index in [-0.39, 0.29) is 11.6 Å². The van der Waals surface area contributed by atoms with E-state index in [1.54, 1.807) is 13.0 Å². The van der Waals surface area contributed by atoms with E-state index < -0.39 is 0 Å². The molecule has 0 aliphatic heterocycles. The standard InChI is InChI=1S/C12H13N5O/c1-7-3-11(16-5-9(7)13)17-12(18)10-6-14-8(2)4-15-10/h3-6H,13H2,1-2H3,(H,16,17,18). The number of anilines is 2. The van der Waals surface area contributed by atoms with Crippen LogP contribution in [0, 0.1) is 13.8 Å². The number of aromatic nitrogens is 3. The topological polar surface area (TPSA) is 93.8 Å². The van der Waals surface area contributed by atoms with Crippen molar-refractivity contribution in [3.63, 3.8) is 0 Å². The lowest BCUT2D eigenvalue weighted by Crippen LogP contribution is -2.15. The summed E-state index contributed by atoms with van der Waals surface area (Å²) in [4.78, 5) is 23.9. The van der Waals surface area contributed by atoms with E-state index in [0.29, 0.717) is 11.5 Å². The normalized spacial score (nSPS) is 10.1. The zero-order valence-electron chi connectivity index (χ0n) is 10.1. The molecule has 0 atom stereocenters. The lowest BCUT2D eigenvalue weighted by Gasteiger charge is -2.05. The lowest BCUT2D eigenvalue weighted by atomic mass is 10.2. The number of nitrogens with zero attached hydrogens (tertiary/aromatic N) is 3. The van der Waals surface area contributed by atoms with Crippen LogP contribution in [0.3, 0.4) is 0 Å². The highest BCUT2D eigenvalue weighted by Crippen LogP contribution is 2.13. The lowest BCUT2D eigenvalue weighted by molar-refractivity contribution is 0.102. The van der Waals surface area contributed by atoms with Gasteiger partial charge in [-0.15, -0.1) is 0 Å². The third-order valence-corrected chi connectivity index (χ3v) is 2.41. The van der Waals surface area contributed by atoms with Crippen LogP contribution in [0.2, 0.25) is 0 Å². The van der Waals surface area contributed by atoms with Gasteiger partial charge in [0.1, 0.15) is 11.5 Å². The fourth-order valence-electron chi connectivity index (χ4n) is 1.33. The van der Waals surface area contributed by atoms with Crippen molar-refractivity contribution in [1.29, 1.82) is 0 Å². The van der Waals surface area contributed by atoms with Crippen molar-refractivity contribution in [3.8, 4) is 0 Å². The van der Waals surface area contributed by atoms with Gasteiger partial charge in [0.15, 0.2) is 0 Å². The van der Waals surface area contributed by atoms with Crippen LogP contribution < -0.4 is 11.1 Å². The molecule has 2 aromatic heterocycles. The van der Waals surface area contributed by atoms with Crippen molar-refractivity contribution in [2.24, 2.45) is 0 Å². The largest absolute Gasteiger partial charge is 0.397 e. The first-order valence-electron chi connectivity index (χ1n) is 5.38. The third-order valence-electron chi connectivity index (χ3n) is 2.41. The molecule has 0 unspecified atom stereocenters. The Morgan fingerprint density at radius 3 is 2.56 bits per heavy atom. The molecule has 0 bridgehead atoms. The maximum atomic E-state index is 11.8. The summed E-state index contributed by atoms with van der Waals surface area (Å²) < 4.78 is 0. The molecule has 0 spiro atoms. The summed E-state index contributed by atoms with van der Waals surface area (Å²) >= 11 is 0. The molecule has 3 N–H and O–H groups in total. The first-order chi connectivity index (χ1) is 8.56. The fraction of sp³-hybridized carbons (Fsp3) is 0.167. The van der Waals surface area contributed by atoms with E-state index in [4.69, 9.17) is 5.73 Å². The molecule has 0 aliphatic rings.